The Morgan fingerprint density at radius 2 is 0.918 bits per heavy atom. The summed E-state index contributed by atoms with van der Waals surface area (Å²) in [6.07, 6.45) is 4.00. The smallest absolute Gasteiger partial charge is 0.145 e. The van der Waals surface area contributed by atoms with Crippen LogP contribution in [0.15, 0.2) is 158 Å². The van der Waals surface area contributed by atoms with Gasteiger partial charge >= 0.3 is 0 Å². The molecule has 0 atom stereocenters. The van der Waals surface area contributed by atoms with E-state index in [1.165, 1.54) is 72.0 Å². The van der Waals surface area contributed by atoms with Crippen molar-refractivity contribution in [3.63, 3.8) is 0 Å². The van der Waals surface area contributed by atoms with Crippen molar-refractivity contribution in [2.24, 2.45) is 0 Å². The van der Waals surface area contributed by atoms with E-state index >= 15 is 0 Å². The van der Waals surface area contributed by atoms with Gasteiger partial charge in [-0.05, 0) is 157 Å². The van der Waals surface area contributed by atoms with Crippen LogP contribution in [0.25, 0.3) is 88.5 Å². The molecule has 0 unspecified atom stereocenters. The first-order chi connectivity index (χ1) is 35.2. The van der Waals surface area contributed by atoms with Crippen molar-refractivity contribution in [3.8, 4) is 50.8 Å². The van der Waals surface area contributed by atoms with Crippen LogP contribution in [0.4, 0.5) is 0 Å². The van der Waals surface area contributed by atoms with E-state index in [4.69, 9.17) is 14.7 Å². The maximum Gasteiger partial charge on any atom is 0.145 e. The van der Waals surface area contributed by atoms with E-state index in [0.717, 1.165) is 61.4 Å². The highest BCUT2D eigenvalue weighted by atomic mass is 16.5. The lowest BCUT2D eigenvalue weighted by Gasteiger charge is -2.26. The number of aromatic nitrogens is 4. The molecule has 4 heterocycles. The molecule has 0 saturated carbocycles. The number of hydrogen-bond acceptors (Lipinski definition) is 3. The Bertz CT molecular complexity index is 3820. The maximum absolute atomic E-state index is 7.03. The summed E-state index contributed by atoms with van der Waals surface area (Å²) in [6, 6.07) is 53.6. The van der Waals surface area contributed by atoms with E-state index in [1.54, 1.807) is 0 Å². The molecule has 366 valence electrons. The molecule has 0 spiro atoms. The van der Waals surface area contributed by atoms with Crippen molar-refractivity contribution in [3.05, 3.63) is 191 Å². The first-order valence-electron chi connectivity index (χ1n) is 26.6. The highest BCUT2D eigenvalue weighted by Gasteiger charge is 2.27. The molecule has 11 rings (SSSR count). The normalized spacial score (nSPS) is 12.3. The first kappa shape index (κ1) is 47.8. The standard InChI is InChI=1S/C68H68N4O/c1-39(2)48-21-17-22-49(40(3)4)64(48)45-34-58(65-50(41(5)6)23-18-24-51(65)42(7)8)67-56-32-30-46(73-47-29-31-55-54-20-13-14-27-59(54)71(60(55)37-47)63-28-15-16-33-69-63)36-57(56)68-70-38-62(72(68)61(67)35-45)66-52(43(9)10)25-19-26-53(66)44(11)12/h13-44H,1-12H3. The molecule has 4 aromatic heterocycles. The highest BCUT2D eigenvalue weighted by Crippen LogP contribution is 2.49. The first-order valence-corrected chi connectivity index (χ1v) is 26.6. The molecule has 0 amide bonds. The number of rotatable bonds is 12. The zero-order chi connectivity index (χ0) is 51.0. The molecule has 0 aliphatic carbocycles. The molecule has 0 saturated heterocycles. The van der Waals surface area contributed by atoms with Crippen LogP contribution >= 0.6 is 0 Å². The van der Waals surface area contributed by atoms with Gasteiger partial charge < -0.3 is 4.74 Å². The van der Waals surface area contributed by atoms with Gasteiger partial charge in [0, 0.05) is 39.4 Å². The van der Waals surface area contributed by atoms with Gasteiger partial charge in [0.1, 0.15) is 23.0 Å². The molecule has 0 aliphatic rings. The summed E-state index contributed by atoms with van der Waals surface area (Å²) in [6.45, 7) is 28.0. The molecule has 73 heavy (non-hydrogen) atoms. The van der Waals surface area contributed by atoms with Gasteiger partial charge in [0.2, 0.25) is 0 Å². The van der Waals surface area contributed by atoms with Crippen LogP contribution in [0, 0.1) is 0 Å². The second-order valence-electron chi connectivity index (χ2n) is 22.1. The van der Waals surface area contributed by atoms with Crippen LogP contribution in [-0.4, -0.2) is 18.9 Å². The van der Waals surface area contributed by atoms with E-state index < -0.39 is 0 Å². The summed E-state index contributed by atoms with van der Waals surface area (Å²) < 4.78 is 11.8. The van der Waals surface area contributed by atoms with Gasteiger partial charge in [0.15, 0.2) is 0 Å². The van der Waals surface area contributed by atoms with Crippen molar-refractivity contribution < 1.29 is 4.74 Å². The minimum atomic E-state index is 0.292. The van der Waals surface area contributed by atoms with Crippen LogP contribution < -0.4 is 4.74 Å². The Labute approximate surface area is 431 Å². The number of fused-ring (bicyclic) bond motifs is 9. The Hall–Kier alpha value is -7.50. The molecule has 5 heteroatoms. The molecule has 5 nitrogen and oxygen atoms in total. The summed E-state index contributed by atoms with van der Waals surface area (Å²) >= 11 is 0. The average molecular weight is 957 g/mol. The average Bonchev–Trinajstić information content (AvgIpc) is 3.98. The lowest BCUT2D eigenvalue weighted by atomic mass is 9.80. The van der Waals surface area contributed by atoms with Crippen LogP contribution in [0.1, 0.15) is 152 Å². The molecular formula is C68H68N4O. The van der Waals surface area contributed by atoms with Crippen LogP contribution in [0.2, 0.25) is 0 Å². The predicted molar refractivity (Wildman–Crippen MR) is 310 cm³/mol. The summed E-state index contributed by atoms with van der Waals surface area (Å²) in [5.74, 6) is 4.20. The van der Waals surface area contributed by atoms with Crippen molar-refractivity contribution in [1.29, 1.82) is 0 Å². The largest absolute Gasteiger partial charge is 0.457 e. The third kappa shape index (κ3) is 8.09. The number of para-hydroxylation sites is 1. The van der Waals surface area contributed by atoms with Gasteiger partial charge in [-0.3, -0.25) is 8.97 Å². The number of hydrogen-bond donors (Lipinski definition) is 0. The quantitative estimate of drug-likeness (QED) is 0.115. The number of ether oxygens (including phenoxy) is 1. The molecule has 7 aromatic carbocycles. The van der Waals surface area contributed by atoms with Gasteiger partial charge in [-0.1, -0.05) is 162 Å². The van der Waals surface area contributed by atoms with Crippen molar-refractivity contribution in [1.82, 2.24) is 18.9 Å². The zero-order valence-electron chi connectivity index (χ0n) is 44.7. The number of imidazole rings is 1. The minimum absolute atomic E-state index is 0.292. The molecule has 11 aromatic rings. The van der Waals surface area contributed by atoms with E-state index in [9.17, 15) is 0 Å². The summed E-state index contributed by atoms with van der Waals surface area (Å²) in [7, 11) is 0. The van der Waals surface area contributed by atoms with E-state index in [1.807, 2.05) is 18.3 Å². The lowest BCUT2D eigenvalue weighted by molar-refractivity contribution is 0.484. The van der Waals surface area contributed by atoms with Crippen molar-refractivity contribution >= 4 is 49.1 Å². The summed E-state index contributed by atoms with van der Waals surface area (Å²) in [5, 5.41) is 5.74. The number of nitrogens with zero attached hydrogens (tertiary/aromatic N) is 4. The van der Waals surface area contributed by atoms with Crippen molar-refractivity contribution in [2.75, 3.05) is 0 Å². The van der Waals surface area contributed by atoms with Gasteiger partial charge in [-0.25, -0.2) is 9.97 Å². The van der Waals surface area contributed by atoms with Gasteiger partial charge in [-0.15, -0.1) is 0 Å². The number of benzene rings is 7. The Kier molecular flexibility index (Phi) is 12.3. The number of pyridine rings is 2. The summed E-state index contributed by atoms with van der Waals surface area (Å²) in [5.41, 5.74) is 19.9. The van der Waals surface area contributed by atoms with E-state index in [2.05, 4.69) is 232 Å². The van der Waals surface area contributed by atoms with E-state index in [-0.39, 0.29) is 0 Å². The second kappa shape index (κ2) is 18.8. The lowest BCUT2D eigenvalue weighted by Crippen LogP contribution is -2.05. The Morgan fingerprint density at radius 1 is 0.397 bits per heavy atom. The Balaban J connectivity index is 1.27. The molecular weight excluding hydrogens is 889 g/mol. The third-order valence-electron chi connectivity index (χ3n) is 15.3. The molecule has 0 fully saturated rings. The fourth-order valence-electron chi connectivity index (χ4n) is 11.9. The molecule has 0 bridgehead atoms. The van der Waals surface area contributed by atoms with Crippen LogP contribution in [0.3, 0.4) is 0 Å². The van der Waals surface area contributed by atoms with Crippen molar-refractivity contribution in [2.45, 2.75) is 119 Å². The molecule has 0 aliphatic heterocycles. The topological polar surface area (TPSA) is 44.3 Å². The molecule has 0 N–H and O–H groups in total. The van der Waals surface area contributed by atoms with Gasteiger partial charge in [0.25, 0.3) is 0 Å². The van der Waals surface area contributed by atoms with Crippen LogP contribution in [-0.2, 0) is 0 Å². The highest BCUT2D eigenvalue weighted by molar-refractivity contribution is 6.19. The minimum Gasteiger partial charge on any atom is -0.457 e. The van der Waals surface area contributed by atoms with E-state index in [0.29, 0.717) is 35.5 Å². The summed E-state index contributed by atoms with van der Waals surface area (Å²) in [4.78, 5) is 10.3. The monoisotopic (exact) mass is 957 g/mol. The second-order valence-corrected chi connectivity index (χ2v) is 22.1. The molecule has 0 radical (unpaired) electrons. The van der Waals surface area contributed by atoms with Crippen LogP contribution in [0.5, 0.6) is 11.5 Å². The fraction of sp³-hybridized carbons (Fsp3) is 0.265. The zero-order valence-corrected chi connectivity index (χ0v) is 44.7. The SMILES string of the molecule is CC(C)c1cccc(C(C)C)c1-c1cc(-c2c(C(C)C)cccc2C(C)C)c2c3ccc(Oc4ccc5c6ccccc6n(-c6ccccn6)c5c4)cc3c3ncc(-c4c(C(C)C)cccc4C(C)C)n3c2c1. The predicted octanol–water partition coefficient (Wildman–Crippen LogP) is 19.7. The fourth-order valence-corrected chi connectivity index (χ4v) is 11.9. The Morgan fingerprint density at radius 3 is 1.49 bits per heavy atom. The van der Waals surface area contributed by atoms with Gasteiger partial charge in [-0.2, -0.15) is 0 Å². The maximum atomic E-state index is 7.03. The third-order valence-corrected chi connectivity index (χ3v) is 15.3. The van der Waals surface area contributed by atoms with Gasteiger partial charge in [0.05, 0.1) is 28.4 Å².